The number of fused-ring (bicyclic) bond motifs is 1. The van der Waals surface area contributed by atoms with Crippen LogP contribution in [0.25, 0.3) is 39.8 Å². The van der Waals surface area contributed by atoms with Gasteiger partial charge in [0.2, 0.25) is 5.82 Å². The van der Waals surface area contributed by atoms with Crippen molar-refractivity contribution in [2.75, 3.05) is 6.61 Å². The van der Waals surface area contributed by atoms with Crippen molar-refractivity contribution in [1.29, 1.82) is 0 Å². The van der Waals surface area contributed by atoms with Crippen LogP contribution in [-0.2, 0) is 16.8 Å². The van der Waals surface area contributed by atoms with Crippen LogP contribution in [0.3, 0.4) is 0 Å². The topological polar surface area (TPSA) is 101 Å². The molecule has 5 aromatic carbocycles. The molecule has 0 amide bonds. The number of tetrazole rings is 1. The minimum Gasteiger partial charge on any atom is -0.461 e. The summed E-state index contributed by atoms with van der Waals surface area (Å²) < 4.78 is 14.5. The number of carbonyl (C=O) groups is 1. The number of nitrogens with zero attached hydrogens (tertiary/aromatic N) is 6. The lowest BCUT2D eigenvalue weighted by Crippen LogP contribution is -2.39. The number of unbranched alkanes of at least 4 members (excludes halogenated alkanes) is 1. The van der Waals surface area contributed by atoms with Gasteiger partial charge in [-0.05, 0) is 75.0 Å². The quantitative estimate of drug-likeness (QED) is 0.0842. The molecule has 9 nitrogen and oxygen atoms in total. The van der Waals surface area contributed by atoms with Crippen LogP contribution in [0.4, 0.5) is 0 Å². The number of esters is 1. The smallest absolute Gasteiger partial charge is 0.358 e. The first-order valence-electron chi connectivity index (χ1n) is 18.8. The van der Waals surface area contributed by atoms with Gasteiger partial charge in [0, 0.05) is 23.1 Å². The standard InChI is InChI=1S/C46H38BrClN6O3/c1-3-5-9-26-39-49-43(48)41(45(55)56-4-2)53(39)30-31-27-28-38-37(29-31)40(47)42(57-38)35-24-16-17-25-36(35)44-50-52-54(51-44)46(32-18-10-6-11-19-32,33-20-12-7-13-21-33)34-22-14-8-15-23-34/h6-29H,3-5,30H2,1-2H3/b26-9-. The van der Waals surface area contributed by atoms with Crippen molar-refractivity contribution in [2.45, 2.75) is 38.8 Å². The summed E-state index contributed by atoms with van der Waals surface area (Å²) in [4.78, 5) is 19.3. The van der Waals surface area contributed by atoms with Crippen LogP contribution in [0.15, 0.2) is 148 Å². The Bertz CT molecular complexity index is 2590. The molecule has 0 aliphatic carbocycles. The van der Waals surface area contributed by atoms with Gasteiger partial charge in [-0.15, -0.1) is 15.0 Å². The summed E-state index contributed by atoms with van der Waals surface area (Å²) in [7, 11) is 0. The molecule has 0 spiro atoms. The summed E-state index contributed by atoms with van der Waals surface area (Å²) in [5.74, 6) is 1.12. The first-order valence-corrected chi connectivity index (χ1v) is 20.0. The van der Waals surface area contributed by atoms with E-state index in [-0.39, 0.29) is 17.5 Å². The van der Waals surface area contributed by atoms with Crippen molar-refractivity contribution < 1.29 is 13.9 Å². The highest BCUT2D eigenvalue weighted by molar-refractivity contribution is 9.10. The summed E-state index contributed by atoms with van der Waals surface area (Å²) in [5, 5.41) is 15.6. The summed E-state index contributed by atoms with van der Waals surface area (Å²) >= 11 is 10.4. The highest BCUT2D eigenvalue weighted by Crippen LogP contribution is 2.43. The number of hydrogen-bond donors (Lipinski definition) is 0. The van der Waals surface area contributed by atoms with Crippen LogP contribution in [0.5, 0.6) is 0 Å². The fourth-order valence-corrected chi connectivity index (χ4v) is 8.14. The number of carbonyl (C=O) groups excluding carboxylic acids is 1. The third kappa shape index (κ3) is 7.11. The van der Waals surface area contributed by atoms with Gasteiger partial charge in [-0.1, -0.05) is 152 Å². The summed E-state index contributed by atoms with van der Waals surface area (Å²) in [6.45, 7) is 4.42. The van der Waals surface area contributed by atoms with Crippen LogP contribution < -0.4 is 0 Å². The van der Waals surface area contributed by atoms with Crippen molar-refractivity contribution in [1.82, 2.24) is 29.8 Å². The molecule has 3 heterocycles. The second kappa shape index (κ2) is 16.6. The Morgan fingerprint density at radius 2 is 1.46 bits per heavy atom. The number of hydrogen-bond acceptors (Lipinski definition) is 7. The third-order valence-corrected chi connectivity index (χ3v) is 10.9. The van der Waals surface area contributed by atoms with Crippen LogP contribution >= 0.6 is 27.5 Å². The lowest BCUT2D eigenvalue weighted by Gasteiger charge is -2.34. The van der Waals surface area contributed by atoms with E-state index in [1.807, 2.05) is 109 Å². The first-order chi connectivity index (χ1) is 27.9. The Morgan fingerprint density at radius 1 is 0.842 bits per heavy atom. The minimum absolute atomic E-state index is 0.105. The van der Waals surface area contributed by atoms with E-state index in [4.69, 9.17) is 36.2 Å². The van der Waals surface area contributed by atoms with E-state index in [9.17, 15) is 4.79 Å². The highest BCUT2D eigenvalue weighted by Gasteiger charge is 2.41. The molecule has 284 valence electrons. The number of halogens is 2. The van der Waals surface area contributed by atoms with Crippen molar-refractivity contribution >= 4 is 50.5 Å². The molecular weight excluding hydrogens is 800 g/mol. The Labute approximate surface area is 343 Å². The predicted molar refractivity (Wildman–Crippen MR) is 227 cm³/mol. The van der Waals surface area contributed by atoms with Gasteiger partial charge in [-0.2, -0.15) is 0 Å². The summed E-state index contributed by atoms with van der Waals surface area (Å²) in [6.07, 6.45) is 5.78. The van der Waals surface area contributed by atoms with Crippen molar-refractivity contribution in [2.24, 2.45) is 0 Å². The van der Waals surface area contributed by atoms with E-state index in [1.54, 1.807) is 16.3 Å². The average Bonchev–Trinajstić information content (AvgIpc) is 3.95. The second-order valence-corrected chi connectivity index (χ2v) is 14.6. The number of imidazole rings is 1. The monoisotopic (exact) mass is 836 g/mol. The zero-order chi connectivity index (χ0) is 39.4. The Morgan fingerprint density at radius 3 is 2.07 bits per heavy atom. The highest BCUT2D eigenvalue weighted by atomic mass is 79.9. The molecule has 8 aromatic rings. The fraction of sp³-hybridized carbons (Fsp3) is 0.152. The van der Waals surface area contributed by atoms with E-state index in [1.165, 1.54) is 0 Å². The maximum atomic E-state index is 13.0. The molecule has 0 N–H and O–H groups in total. The molecule has 0 atom stereocenters. The van der Waals surface area contributed by atoms with Gasteiger partial charge in [0.15, 0.2) is 16.4 Å². The second-order valence-electron chi connectivity index (χ2n) is 13.4. The molecule has 57 heavy (non-hydrogen) atoms. The number of rotatable bonds is 13. The number of furan rings is 1. The van der Waals surface area contributed by atoms with Crippen LogP contribution in [0.2, 0.25) is 5.15 Å². The Balaban J connectivity index is 1.21. The molecular formula is C46H38BrClN6O3. The van der Waals surface area contributed by atoms with Crippen LogP contribution in [0, 0.1) is 0 Å². The number of benzene rings is 5. The number of ether oxygens (including phenoxy) is 1. The van der Waals surface area contributed by atoms with Crippen LogP contribution in [0.1, 0.15) is 65.3 Å². The normalized spacial score (nSPS) is 11.8. The maximum absolute atomic E-state index is 13.0. The SMILES string of the molecule is CCC/C=C\c1nc(Cl)c(C(=O)OCC)n1Cc1ccc2oc(-c3ccccc3-c3nnn(C(c4ccccc4)(c4ccccc4)c4ccccc4)n3)c(Br)c2c1. The molecule has 0 bridgehead atoms. The van der Waals surface area contributed by atoms with Crippen LogP contribution in [-0.4, -0.2) is 42.3 Å². The van der Waals surface area contributed by atoms with Gasteiger partial charge in [-0.3, -0.25) is 0 Å². The van der Waals surface area contributed by atoms with E-state index < -0.39 is 11.5 Å². The van der Waals surface area contributed by atoms with Crippen molar-refractivity contribution in [3.63, 3.8) is 0 Å². The molecule has 8 rings (SSSR count). The van der Waals surface area contributed by atoms with E-state index >= 15 is 0 Å². The Kier molecular flexibility index (Phi) is 11.0. The molecule has 0 aliphatic rings. The minimum atomic E-state index is -0.918. The fourth-order valence-electron chi connectivity index (χ4n) is 7.27. The summed E-state index contributed by atoms with van der Waals surface area (Å²) in [5.41, 5.74) is 5.41. The van der Waals surface area contributed by atoms with Crippen molar-refractivity contribution in [3.8, 4) is 22.7 Å². The zero-order valence-electron chi connectivity index (χ0n) is 31.3. The van der Waals surface area contributed by atoms with Crippen molar-refractivity contribution in [3.05, 3.63) is 183 Å². The molecule has 0 radical (unpaired) electrons. The molecule has 0 aliphatic heterocycles. The largest absolute Gasteiger partial charge is 0.461 e. The van der Waals surface area contributed by atoms with Gasteiger partial charge in [0.1, 0.15) is 17.2 Å². The van der Waals surface area contributed by atoms with E-state index in [0.29, 0.717) is 29.5 Å². The molecule has 3 aromatic heterocycles. The molecule has 0 saturated carbocycles. The number of aromatic nitrogens is 6. The summed E-state index contributed by atoms with van der Waals surface area (Å²) in [6, 6.07) is 44.6. The van der Waals surface area contributed by atoms with Gasteiger partial charge < -0.3 is 13.7 Å². The lowest BCUT2D eigenvalue weighted by atomic mass is 9.77. The van der Waals surface area contributed by atoms with Gasteiger partial charge in [0.25, 0.3) is 0 Å². The maximum Gasteiger partial charge on any atom is 0.358 e. The molecule has 0 fully saturated rings. The Hall–Kier alpha value is -6.10. The molecule has 0 saturated heterocycles. The van der Waals surface area contributed by atoms with Gasteiger partial charge in [-0.25, -0.2) is 9.78 Å². The average molecular weight is 838 g/mol. The number of allylic oxidation sites excluding steroid dienone is 1. The lowest BCUT2D eigenvalue weighted by molar-refractivity contribution is 0.0514. The van der Waals surface area contributed by atoms with E-state index in [2.05, 4.69) is 64.2 Å². The molecule has 11 heteroatoms. The first kappa shape index (κ1) is 37.8. The zero-order valence-corrected chi connectivity index (χ0v) is 33.7. The van der Waals surface area contributed by atoms with Gasteiger partial charge >= 0.3 is 5.97 Å². The van der Waals surface area contributed by atoms with Gasteiger partial charge in [0.05, 0.1) is 11.1 Å². The van der Waals surface area contributed by atoms with E-state index in [0.717, 1.165) is 56.1 Å². The predicted octanol–water partition coefficient (Wildman–Crippen LogP) is 11.2. The third-order valence-electron chi connectivity index (χ3n) is 9.88. The molecule has 0 unspecified atom stereocenters.